The number of nitrogens with one attached hydrogen (secondary N) is 1. The van der Waals surface area contributed by atoms with Crippen molar-refractivity contribution in [3.8, 4) is 0 Å². The van der Waals surface area contributed by atoms with Crippen LogP contribution in [0.3, 0.4) is 0 Å². The molecule has 0 aliphatic carbocycles. The van der Waals surface area contributed by atoms with Gasteiger partial charge in [-0.1, -0.05) is 29.5 Å². The summed E-state index contributed by atoms with van der Waals surface area (Å²) in [6.07, 6.45) is 1.95. The first-order valence-electron chi connectivity index (χ1n) is 7.78. The van der Waals surface area contributed by atoms with Gasteiger partial charge in [0.15, 0.2) is 20.6 Å². The van der Waals surface area contributed by atoms with Gasteiger partial charge in [0.2, 0.25) is 0 Å². The summed E-state index contributed by atoms with van der Waals surface area (Å²) in [5, 5.41) is 4.05. The summed E-state index contributed by atoms with van der Waals surface area (Å²) in [4.78, 5) is 15.1. The summed E-state index contributed by atoms with van der Waals surface area (Å²) in [5.41, 5.74) is 0.642. The molecule has 0 spiro atoms. The van der Waals surface area contributed by atoms with Crippen molar-refractivity contribution in [2.75, 3.05) is 36.6 Å². The van der Waals surface area contributed by atoms with Crippen molar-refractivity contribution >= 4 is 42.5 Å². The minimum absolute atomic E-state index is 0.0872. The van der Waals surface area contributed by atoms with E-state index in [0.717, 1.165) is 9.83 Å². The summed E-state index contributed by atoms with van der Waals surface area (Å²) < 4.78 is 25.4. The molecule has 1 aromatic carbocycles. The molecule has 0 aliphatic rings. The third kappa shape index (κ3) is 4.05. The van der Waals surface area contributed by atoms with Crippen molar-refractivity contribution in [1.82, 2.24) is 15.0 Å². The van der Waals surface area contributed by atoms with Crippen LogP contribution in [-0.4, -0.2) is 49.8 Å². The lowest BCUT2D eigenvalue weighted by Crippen LogP contribution is -2.12. The Balaban J connectivity index is 1.64. The first kappa shape index (κ1) is 17.6. The Hall–Kier alpha value is -2.26. The molecule has 0 radical (unpaired) electrons. The van der Waals surface area contributed by atoms with Gasteiger partial charge in [0.25, 0.3) is 0 Å². The number of hydrogen-bond acceptors (Lipinski definition) is 8. The van der Waals surface area contributed by atoms with Gasteiger partial charge in [-0.05, 0) is 18.6 Å². The van der Waals surface area contributed by atoms with Crippen molar-refractivity contribution < 1.29 is 8.42 Å². The second-order valence-electron chi connectivity index (χ2n) is 5.68. The van der Waals surface area contributed by atoms with Crippen LogP contribution in [0, 0.1) is 0 Å². The molecule has 0 bridgehead atoms. The molecule has 132 valence electrons. The molecular weight excluding hydrogens is 358 g/mol. The van der Waals surface area contributed by atoms with E-state index in [2.05, 4.69) is 20.3 Å². The van der Waals surface area contributed by atoms with Crippen molar-refractivity contribution in [1.29, 1.82) is 0 Å². The number of fused-ring (bicyclic) bond motifs is 1. The van der Waals surface area contributed by atoms with Crippen LogP contribution in [0.4, 0.5) is 10.9 Å². The zero-order valence-corrected chi connectivity index (χ0v) is 15.6. The maximum absolute atomic E-state index is 12.3. The first-order valence-corrected chi connectivity index (χ1v) is 10.2. The van der Waals surface area contributed by atoms with Gasteiger partial charge in [0, 0.05) is 20.6 Å². The Labute approximate surface area is 150 Å². The number of aromatic nitrogens is 3. The standard InChI is InChI=1S/C16H19N5O2S2/c1-21(2)16-20-15-13(24-16)14(18-11-19-15)17-9-6-10-25(22,23)12-7-4-3-5-8-12/h3-5,7-8,11H,6,9-10H2,1-2H3,(H,17,18,19). The van der Waals surface area contributed by atoms with E-state index in [1.54, 1.807) is 30.3 Å². The van der Waals surface area contributed by atoms with Crippen molar-refractivity contribution in [2.45, 2.75) is 11.3 Å². The molecule has 0 saturated heterocycles. The lowest BCUT2D eigenvalue weighted by atomic mass is 10.4. The van der Waals surface area contributed by atoms with Crippen LogP contribution in [0.2, 0.25) is 0 Å². The van der Waals surface area contributed by atoms with E-state index in [1.807, 2.05) is 19.0 Å². The minimum Gasteiger partial charge on any atom is -0.369 e. The normalized spacial score (nSPS) is 11.6. The number of sulfone groups is 1. The summed E-state index contributed by atoms with van der Waals surface area (Å²) in [7, 11) is 0.593. The van der Waals surface area contributed by atoms with E-state index in [9.17, 15) is 8.42 Å². The summed E-state index contributed by atoms with van der Waals surface area (Å²) in [6.45, 7) is 0.507. The monoisotopic (exact) mass is 377 g/mol. The second-order valence-corrected chi connectivity index (χ2v) is 8.76. The minimum atomic E-state index is -3.25. The van der Waals surface area contributed by atoms with Crippen LogP contribution in [0.15, 0.2) is 41.6 Å². The van der Waals surface area contributed by atoms with Crippen molar-refractivity contribution in [3.05, 3.63) is 36.7 Å². The number of anilines is 2. The average molecular weight is 377 g/mol. The Morgan fingerprint density at radius 1 is 1.16 bits per heavy atom. The molecule has 0 aliphatic heterocycles. The van der Waals surface area contributed by atoms with E-state index in [1.165, 1.54) is 17.7 Å². The van der Waals surface area contributed by atoms with Crippen molar-refractivity contribution in [2.24, 2.45) is 0 Å². The van der Waals surface area contributed by atoms with Gasteiger partial charge >= 0.3 is 0 Å². The molecule has 9 heteroatoms. The molecule has 3 aromatic rings. The Kier molecular flexibility index (Phi) is 5.14. The highest BCUT2D eigenvalue weighted by molar-refractivity contribution is 7.91. The predicted molar refractivity (Wildman–Crippen MR) is 101 cm³/mol. The number of rotatable bonds is 7. The van der Waals surface area contributed by atoms with Gasteiger partial charge in [-0.15, -0.1) is 0 Å². The molecule has 0 amide bonds. The Bertz CT molecular complexity index is 955. The van der Waals surface area contributed by atoms with Gasteiger partial charge in [-0.3, -0.25) is 0 Å². The first-order chi connectivity index (χ1) is 12.0. The van der Waals surface area contributed by atoms with Crippen LogP contribution in [-0.2, 0) is 9.84 Å². The Morgan fingerprint density at radius 3 is 2.64 bits per heavy atom. The maximum Gasteiger partial charge on any atom is 0.187 e. The molecule has 2 heterocycles. The lowest BCUT2D eigenvalue weighted by molar-refractivity contribution is 0.594. The number of hydrogen-bond donors (Lipinski definition) is 1. The SMILES string of the molecule is CN(C)c1nc2ncnc(NCCCS(=O)(=O)c3ccccc3)c2s1. The Morgan fingerprint density at radius 2 is 1.92 bits per heavy atom. The molecular formula is C16H19N5O2S2. The molecule has 1 N–H and O–H groups in total. The van der Waals surface area contributed by atoms with Crippen LogP contribution < -0.4 is 10.2 Å². The quantitative estimate of drug-likeness (QED) is 0.633. The van der Waals surface area contributed by atoms with Gasteiger partial charge in [-0.25, -0.2) is 18.4 Å². The van der Waals surface area contributed by atoms with Crippen LogP contribution >= 0.6 is 11.3 Å². The van der Waals surface area contributed by atoms with Crippen molar-refractivity contribution in [3.63, 3.8) is 0 Å². The smallest absolute Gasteiger partial charge is 0.187 e. The van der Waals surface area contributed by atoms with E-state index in [-0.39, 0.29) is 5.75 Å². The van der Waals surface area contributed by atoms with Gasteiger partial charge in [0.1, 0.15) is 16.8 Å². The highest BCUT2D eigenvalue weighted by Crippen LogP contribution is 2.30. The fraction of sp³-hybridized carbons (Fsp3) is 0.312. The van der Waals surface area contributed by atoms with E-state index >= 15 is 0 Å². The fourth-order valence-corrected chi connectivity index (χ4v) is 4.51. The molecule has 7 nitrogen and oxygen atoms in total. The summed E-state index contributed by atoms with van der Waals surface area (Å²) in [6, 6.07) is 8.51. The maximum atomic E-state index is 12.3. The van der Waals surface area contributed by atoms with Crippen LogP contribution in [0.1, 0.15) is 6.42 Å². The van der Waals surface area contributed by atoms with Gasteiger partial charge in [-0.2, -0.15) is 4.98 Å². The predicted octanol–water partition coefficient (Wildman–Crippen LogP) is 2.43. The van der Waals surface area contributed by atoms with E-state index in [0.29, 0.717) is 29.3 Å². The summed E-state index contributed by atoms with van der Waals surface area (Å²) >= 11 is 1.50. The number of benzene rings is 1. The molecule has 25 heavy (non-hydrogen) atoms. The second kappa shape index (κ2) is 7.32. The van der Waals surface area contributed by atoms with Crippen LogP contribution in [0.25, 0.3) is 10.3 Å². The number of nitrogens with zero attached hydrogens (tertiary/aromatic N) is 4. The average Bonchev–Trinajstić information content (AvgIpc) is 3.05. The highest BCUT2D eigenvalue weighted by atomic mass is 32.2. The highest BCUT2D eigenvalue weighted by Gasteiger charge is 2.14. The zero-order chi connectivity index (χ0) is 17.9. The largest absolute Gasteiger partial charge is 0.369 e. The lowest BCUT2D eigenvalue weighted by Gasteiger charge is -2.07. The number of thiazole rings is 1. The molecule has 0 unspecified atom stereocenters. The third-order valence-electron chi connectivity index (χ3n) is 3.55. The van der Waals surface area contributed by atoms with Gasteiger partial charge < -0.3 is 10.2 Å². The summed E-state index contributed by atoms with van der Waals surface area (Å²) in [5.74, 6) is 0.775. The molecule has 2 aromatic heterocycles. The zero-order valence-electron chi connectivity index (χ0n) is 14.0. The van der Waals surface area contributed by atoms with Crippen LogP contribution in [0.5, 0.6) is 0 Å². The third-order valence-corrected chi connectivity index (χ3v) is 6.58. The molecule has 3 rings (SSSR count). The van der Waals surface area contributed by atoms with Gasteiger partial charge in [0.05, 0.1) is 10.6 Å². The molecule has 0 fully saturated rings. The molecule has 0 saturated carbocycles. The van der Waals surface area contributed by atoms with E-state index < -0.39 is 9.84 Å². The topological polar surface area (TPSA) is 88.1 Å². The van der Waals surface area contributed by atoms with E-state index in [4.69, 9.17) is 0 Å². The molecule has 0 atom stereocenters. The fourth-order valence-electron chi connectivity index (χ4n) is 2.27.